The third-order valence-corrected chi connectivity index (χ3v) is 6.52. The van der Waals surface area contributed by atoms with Gasteiger partial charge in [0.1, 0.15) is 0 Å². The van der Waals surface area contributed by atoms with E-state index in [1.165, 1.54) is 6.42 Å². The molecule has 0 radical (unpaired) electrons. The molecule has 142 valence electrons. The molecule has 2 fully saturated rings. The van der Waals surface area contributed by atoms with E-state index in [4.69, 9.17) is 4.74 Å². The van der Waals surface area contributed by atoms with Crippen LogP contribution in [-0.2, 0) is 20.9 Å². The highest BCUT2D eigenvalue weighted by atomic mass is 16.5. The van der Waals surface area contributed by atoms with E-state index in [0.29, 0.717) is 18.9 Å². The number of carbonyl (C=O) groups is 2. The molecule has 0 spiro atoms. The van der Waals surface area contributed by atoms with Crippen molar-refractivity contribution in [3.63, 3.8) is 0 Å². The van der Waals surface area contributed by atoms with Crippen LogP contribution in [0.1, 0.15) is 52.9 Å². The van der Waals surface area contributed by atoms with Crippen molar-refractivity contribution < 1.29 is 14.3 Å². The molecule has 0 aromatic carbocycles. The van der Waals surface area contributed by atoms with Gasteiger partial charge in [0.2, 0.25) is 0 Å². The molecule has 0 aliphatic heterocycles. The molecule has 26 heavy (non-hydrogen) atoms. The number of nitrogens with zero attached hydrogens (tertiary/aromatic N) is 3. The number of hydrazone groups is 1. The van der Waals surface area contributed by atoms with Crippen LogP contribution in [-0.4, -0.2) is 34.0 Å². The summed E-state index contributed by atoms with van der Waals surface area (Å²) in [7, 11) is 0. The molecule has 2 aliphatic rings. The lowest BCUT2D eigenvalue weighted by Gasteiger charge is -2.34. The fourth-order valence-corrected chi connectivity index (χ4v) is 4.30. The number of carbonyl (C=O) groups excluding carboxylic acids is 2. The van der Waals surface area contributed by atoms with Gasteiger partial charge >= 0.3 is 5.97 Å². The number of amides is 1. The quantitative estimate of drug-likeness (QED) is 0.598. The van der Waals surface area contributed by atoms with Gasteiger partial charge in [-0.25, -0.2) is 5.43 Å². The predicted octanol–water partition coefficient (Wildman–Crippen LogP) is 2.52. The fraction of sp³-hybridized carbons (Fsp3) is 0.684. The minimum absolute atomic E-state index is 0.0497. The van der Waals surface area contributed by atoms with Crippen LogP contribution in [0.15, 0.2) is 23.6 Å². The van der Waals surface area contributed by atoms with Gasteiger partial charge in [-0.3, -0.25) is 14.3 Å². The number of ether oxygens (including phenoxy) is 1. The molecule has 2 bridgehead atoms. The van der Waals surface area contributed by atoms with Gasteiger partial charge in [-0.1, -0.05) is 20.8 Å². The summed E-state index contributed by atoms with van der Waals surface area (Å²) in [5.41, 5.74) is 3.90. The lowest BCUT2D eigenvalue weighted by Crippen LogP contribution is -2.34. The maximum atomic E-state index is 11.9. The van der Waals surface area contributed by atoms with Crippen LogP contribution >= 0.6 is 0 Å². The zero-order chi connectivity index (χ0) is 18.8. The second-order valence-electron chi connectivity index (χ2n) is 8.12. The minimum Gasteiger partial charge on any atom is -0.455 e. The maximum Gasteiger partial charge on any atom is 0.306 e. The molecule has 1 heterocycles. The van der Waals surface area contributed by atoms with Crippen LogP contribution < -0.4 is 5.43 Å². The fourth-order valence-electron chi connectivity index (χ4n) is 4.30. The Morgan fingerprint density at radius 2 is 2.23 bits per heavy atom. The Morgan fingerprint density at radius 3 is 2.85 bits per heavy atom. The first-order valence-electron chi connectivity index (χ1n) is 9.32. The summed E-state index contributed by atoms with van der Waals surface area (Å²) >= 11 is 0. The van der Waals surface area contributed by atoms with Crippen LogP contribution in [0.5, 0.6) is 0 Å². The van der Waals surface area contributed by atoms with Gasteiger partial charge in [-0.2, -0.15) is 10.2 Å². The minimum atomic E-state index is -0.387. The van der Waals surface area contributed by atoms with Gasteiger partial charge in [0.25, 0.3) is 5.91 Å². The van der Waals surface area contributed by atoms with E-state index in [2.05, 4.69) is 36.4 Å². The van der Waals surface area contributed by atoms with Crippen molar-refractivity contribution in [1.29, 1.82) is 0 Å². The van der Waals surface area contributed by atoms with Crippen molar-refractivity contribution >= 4 is 17.6 Å². The smallest absolute Gasteiger partial charge is 0.306 e. The molecule has 7 nitrogen and oxygen atoms in total. The molecular formula is C19H28N4O3. The Labute approximate surface area is 154 Å². The summed E-state index contributed by atoms with van der Waals surface area (Å²) in [4.78, 5) is 23.6. The van der Waals surface area contributed by atoms with Crippen molar-refractivity contribution in [3.05, 3.63) is 18.5 Å². The molecule has 0 saturated heterocycles. The van der Waals surface area contributed by atoms with Gasteiger partial charge in [0.15, 0.2) is 6.61 Å². The number of esters is 1. The van der Waals surface area contributed by atoms with Crippen LogP contribution in [0.4, 0.5) is 0 Å². The van der Waals surface area contributed by atoms with Crippen molar-refractivity contribution in [1.82, 2.24) is 15.2 Å². The predicted molar refractivity (Wildman–Crippen MR) is 97.2 cm³/mol. The monoisotopic (exact) mass is 360 g/mol. The zero-order valence-corrected chi connectivity index (χ0v) is 15.8. The molecule has 1 aromatic heterocycles. The van der Waals surface area contributed by atoms with Crippen LogP contribution in [0.2, 0.25) is 0 Å². The Bertz CT molecular complexity index is 696. The Kier molecular flexibility index (Phi) is 5.16. The van der Waals surface area contributed by atoms with E-state index in [9.17, 15) is 9.59 Å². The first kappa shape index (κ1) is 18.6. The molecule has 2 saturated carbocycles. The Morgan fingerprint density at radius 1 is 1.42 bits per heavy atom. The van der Waals surface area contributed by atoms with Crippen LogP contribution in [0, 0.1) is 16.7 Å². The van der Waals surface area contributed by atoms with Gasteiger partial charge in [0.05, 0.1) is 0 Å². The first-order valence-corrected chi connectivity index (χ1v) is 9.32. The summed E-state index contributed by atoms with van der Waals surface area (Å²) in [6.07, 6.45) is 7.71. The summed E-state index contributed by atoms with van der Waals surface area (Å²) in [6.45, 7) is 7.18. The van der Waals surface area contributed by atoms with Crippen molar-refractivity contribution in [2.45, 2.75) is 59.4 Å². The van der Waals surface area contributed by atoms with Crippen molar-refractivity contribution in [2.24, 2.45) is 21.8 Å². The molecule has 2 unspecified atom stereocenters. The summed E-state index contributed by atoms with van der Waals surface area (Å²) in [5.74, 6) is -0.133. The van der Waals surface area contributed by atoms with E-state index in [1.807, 2.05) is 12.3 Å². The van der Waals surface area contributed by atoms with Gasteiger partial charge < -0.3 is 4.74 Å². The molecule has 1 amide bonds. The number of hydrogen-bond donors (Lipinski definition) is 1. The molecule has 3 rings (SSSR count). The largest absolute Gasteiger partial charge is 0.455 e. The number of aromatic nitrogens is 2. The molecule has 1 aromatic rings. The van der Waals surface area contributed by atoms with E-state index in [1.54, 1.807) is 10.9 Å². The number of fused-ring (bicyclic) bond motifs is 2. The Balaban J connectivity index is 1.39. The topological polar surface area (TPSA) is 85.6 Å². The SMILES string of the molecule is CC12CCC(C/C1=N\NC(=O)COC(=O)CCCn1cccn1)C2(C)C. The normalized spacial score (nSPS) is 27.7. The molecular weight excluding hydrogens is 332 g/mol. The number of nitrogens with one attached hydrogen (secondary N) is 1. The van der Waals surface area contributed by atoms with Crippen molar-refractivity contribution in [2.75, 3.05) is 6.61 Å². The molecule has 1 N–H and O–H groups in total. The highest BCUT2D eigenvalue weighted by Gasteiger charge is 2.59. The highest BCUT2D eigenvalue weighted by molar-refractivity contribution is 5.95. The van der Waals surface area contributed by atoms with Gasteiger partial charge in [0, 0.05) is 36.5 Å². The average molecular weight is 360 g/mol. The highest BCUT2D eigenvalue weighted by Crippen LogP contribution is 2.63. The summed E-state index contributed by atoms with van der Waals surface area (Å²) < 4.78 is 6.77. The Hall–Kier alpha value is -2.18. The zero-order valence-electron chi connectivity index (χ0n) is 15.8. The van der Waals surface area contributed by atoms with E-state index in [0.717, 1.165) is 18.6 Å². The standard InChI is InChI=1S/C19H28N4O3/c1-18(2)14-7-8-19(18,3)15(12-14)21-22-16(24)13-26-17(25)6-4-10-23-11-5-9-20-23/h5,9,11,14H,4,6-8,10,12-13H2,1-3H3,(H,22,24)/b21-15+. The van der Waals surface area contributed by atoms with Crippen LogP contribution in [0.3, 0.4) is 0 Å². The average Bonchev–Trinajstić information content (AvgIpc) is 3.23. The third-order valence-electron chi connectivity index (χ3n) is 6.52. The summed E-state index contributed by atoms with van der Waals surface area (Å²) in [6, 6.07) is 1.84. The molecule has 7 heteroatoms. The number of aryl methyl sites for hydroxylation is 1. The third kappa shape index (κ3) is 3.52. The first-order chi connectivity index (χ1) is 12.3. The van der Waals surface area contributed by atoms with Gasteiger partial charge in [-0.15, -0.1) is 0 Å². The lowest BCUT2D eigenvalue weighted by atomic mass is 9.70. The lowest BCUT2D eigenvalue weighted by molar-refractivity contribution is -0.148. The van der Waals surface area contributed by atoms with Crippen molar-refractivity contribution in [3.8, 4) is 0 Å². The number of hydrogen-bond acceptors (Lipinski definition) is 5. The molecule has 2 aliphatic carbocycles. The summed E-state index contributed by atoms with van der Waals surface area (Å²) in [5, 5.41) is 8.43. The number of rotatable bonds is 7. The van der Waals surface area contributed by atoms with E-state index < -0.39 is 0 Å². The van der Waals surface area contributed by atoms with Crippen LogP contribution in [0.25, 0.3) is 0 Å². The maximum absolute atomic E-state index is 11.9. The van der Waals surface area contributed by atoms with E-state index in [-0.39, 0.29) is 35.7 Å². The second kappa shape index (κ2) is 7.21. The second-order valence-corrected chi connectivity index (χ2v) is 8.12. The molecule has 2 atom stereocenters. The van der Waals surface area contributed by atoms with E-state index >= 15 is 0 Å². The van der Waals surface area contributed by atoms with Gasteiger partial charge in [-0.05, 0) is 43.1 Å².